The molecule has 1 aromatic heterocycles. The van der Waals surface area contributed by atoms with Gasteiger partial charge in [-0.15, -0.1) is 5.10 Å². The molecule has 1 unspecified atom stereocenters. The molecule has 8 nitrogen and oxygen atoms in total. The molecule has 4 rings (SSSR count). The molecule has 0 saturated heterocycles. The highest BCUT2D eigenvalue weighted by atomic mass is 32.2. The zero-order chi connectivity index (χ0) is 27.1. The van der Waals surface area contributed by atoms with Gasteiger partial charge in [-0.05, 0) is 56.0 Å². The number of hydrogen-bond acceptors (Lipinski definition) is 7. The number of fused-ring (bicyclic) bond motifs is 1. The Balaban J connectivity index is 1.73. The van der Waals surface area contributed by atoms with Crippen molar-refractivity contribution in [3.63, 3.8) is 0 Å². The molecule has 0 bridgehead atoms. The van der Waals surface area contributed by atoms with Crippen LogP contribution in [-0.2, 0) is 4.79 Å². The number of allylic oxidation sites excluding steroid dienone is 1. The molecule has 202 valence electrons. The van der Waals surface area contributed by atoms with E-state index in [1.54, 1.807) is 23.6 Å². The van der Waals surface area contributed by atoms with Gasteiger partial charge in [0, 0.05) is 17.1 Å². The maximum absolute atomic E-state index is 13.8. The van der Waals surface area contributed by atoms with E-state index in [-0.39, 0.29) is 5.91 Å². The van der Waals surface area contributed by atoms with Crippen molar-refractivity contribution in [1.29, 1.82) is 0 Å². The number of methoxy groups -OCH3 is 1. The van der Waals surface area contributed by atoms with Crippen LogP contribution in [0.3, 0.4) is 0 Å². The molecule has 0 radical (unpaired) electrons. The number of unbranched alkanes of at least 4 members (excludes halogenated alkanes) is 2. The van der Waals surface area contributed by atoms with E-state index in [4.69, 9.17) is 19.6 Å². The summed E-state index contributed by atoms with van der Waals surface area (Å²) in [6, 6.07) is 13.1. The van der Waals surface area contributed by atoms with Crippen LogP contribution in [0.25, 0.3) is 0 Å². The van der Waals surface area contributed by atoms with E-state index in [9.17, 15) is 4.79 Å². The van der Waals surface area contributed by atoms with E-state index in [1.807, 2.05) is 56.3 Å². The average Bonchev–Trinajstić information content (AvgIpc) is 3.32. The Morgan fingerprint density at radius 2 is 1.92 bits per heavy atom. The molecule has 2 aromatic carbocycles. The smallest absolute Gasteiger partial charge is 0.255 e. The summed E-state index contributed by atoms with van der Waals surface area (Å²) < 4.78 is 13.5. The highest BCUT2D eigenvalue weighted by molar-refractivity contribution is 7.99. The summed E-state index contributed by atoms with van der Waals surface area (Å²) in [5, 5.41) is 11.9. The molecule has 0 fully saturated rings. The minimum atomic E-state index is -0.498. The topological polar surface area (TPSA) is 90.3 Å². The number of thioether (sulfide) groups is 1. The monoisotopic (exact) mass is 535 g/mol. The van der Waals surface area contributed by atoms with Crippen molar-refractivity contribution in [3.8, 4) is 11.5 Å². The molecule has 1 atom stereocenters. The zero-order valence-corrected chi connectivity index (χ0v) is 23.7. The molecule has 0 saturated carbocycles. The Kier molecular flexibility index (Phi) is 9.33. The first-order chi connectivity index (χ1) is 18.5. The number of amides is 1. The SMILES string of the molecule is CCCCCOc1ccc(C2C(C(=O)Nc3ccccc3C)=C(C)Nc3nc(SCCC)nn32)cc1OC. The van der Waals surface area contributed by atoms with Crippen LogP contribution in [0.15, 0.2) is 58.9 Å². The van der Waals surface area contributed by atoms with Crippen LogP contribution in [0.2, 0.25) is 0 Å². The summed E-state index contributed by atoms with van der Waals surface area (Å²) in [6.07, 6.45) is 4.25. The van der Waals surface area contributed by atoms with Crippen LogP contribution in [0.5, 0.6) is 11.5 Å². The van der Waals surface area contributed by atoms with Gasteiger partial charge in [0.2, 0.25) is 11.1 Å². The number of para-hydroxylation sites is 1. The Labute approximate surface area is 229 Å². The van der Waals surface area contributed by atoms with Gasteiger partial charge in [0.05, 0.1) is 19.3 Å². The number of aromatic nitrogens is 3. The predicted molar refractivity (Wildman–Crippen MR) is 153 cm³/mol. The van der Waals surface area contributed by atoms with Crippen LogP contribution in [0.1, 0.15) is 63.6 Å². The largest absolute Gasteiger partial charge is 0.493 e. The van der Waals surface area contributed by atoms with Gasteiger partial charge < -0.3 is 20.1 Å². The lowest BCUT2D eigenvalue weighted by atomic mass is 9.94. The number of nitrogens with zero attached hydrogens (tertiary/aromatic N) is 3. The molecule has 2 heterocycles. The lowest BCUT2D eigenvalue weighted by Crippen LogP contribution is -2.31. The van der Waals surface area contributed by atoms with Crippen LogP contribution in [0.4, 0.5) is 11.6 Å². The second-order valence-corrected chi connectivity index (χ2v) is 10.4. The second kappa shape index (κ2) is 12.9. The van der Waals surface area contributed by atoms with Crippen LogP contribution < -0.4 is 20.1 Å². The van der Waals surface area contributed by atoms with E-state index < -0.39 is 6.04 Å². The predicted octanol–water partition coefficient (Wildman–Crippen LogP) is 6.59. The molecule has 9 heteroatoms. The van der Waals surface area contributed by atoms with E-state index in [2.05, 4.69) is 24.5 Å². The molecular formula is C29H37N5O3S. The molecule has 0 aliphatic carbocycles. The fourth-order valence-electron chi connectivity index (χ4n) is 4.40. The Morgan fingerprint density at radius 1 is 1.11 bits per heavy atom. The number of nitrogens with one attached hydrogen (secondary N) is 2. The quantitative estimate of drug-likeness (QED) is 0.200. The van der Waals surface area contributed by atoms with E-state index in [0.29, 0.717) is 34.8 Å². The van der Waals surface area contributed by atoms with Crippen molar-refractivity contribution in [1.82, 2.24) is 14.8 Å². The van der Waals surface area contributed by atoms with Gasteiger partial charge >= 0.3 is 0 Å². The first-order valence-corrected chi connectivity index (χ1v) is 14.2. The number of rotatable bonds is 12. The number of hydrogen-bond donors (Lipinski definition) is 2. The summed E-state index contributed by atoms with van der Waals surface area (Å²) >= 11 is 1.60. The number of anilines is 2. The summed E-state index contributed by atoms with van der Waals surface area (Å²) in [7, 11) is 1.63. The normalized spacial score (nSPS) is 14.6. The summed E-state index contributed by atoms with van der Waals surface area (Å²) in [4.78, 5) is 18.5. The van der Waals surface area contributed by atoms with Crippen molar-refractivity contribution in [2.75, 3.05) is 30.1 Å². The van der Waals surface area contributed by atoms with Gasteiger partial charge in [-0.25, -0.2) is 4.68 Å². The number of carbonyl (C=O) groups is 1. The van der Waals surface area contributed by atoms with Gasteiger partial charge in [-0.1, -0.05) is 62.7 Å². The zero-order valence-electron chi connectivity index (χ0n) is 22.8. The molecule has 1 amide bonds. The van der Waals surface area contributed by atoms with Crippen LogP contribution in [-0.4, -0.2) is 40.1 Å². The lowest BCUT2D eigenvalue weighted by molar-refractivity contribution is -0.113. The fourth-order valence-corrected chi connectivity index (χ4v) is 5.08. The number of benzene rings is 2. The third-order valence-corrected chi connectivity index (χ3v) is 7.46. The third kappa shape index (κ3) is 6.15. The molecule has 2 N–H and O–H groups in total. The minimum Gasteiger partial charge on any atom is -0.493 e. The third-order valence-electron chi connectivity index (χ3n) is 6.42. The van der Waals surface area contributed by atoms with Gasteiger partial charge in [0.1, 0.15) is 6.04 Å². The standard InChI is InChI=1S/C29H37N5O3S/c1-6-8-11-16-37-23-15-14-21(18-24(23)36-5)26-25(27(35)31-22-13-10-9-12-19(22)3)20(4)30-28-32-29(33-34(26)28)38-17-7-2/h9-10,12-15,18,26H,6-8,11,16-17H2,1-5H3,(H,31,35)(H,30,32,33). The first kappa shape index (κ1) is 27.6. The molecule has 0 spiro atoms. The molecular weight excluding hydrogens is 498 g/mol. The van der Waals surface area contributed by atoms with Crippen molar-refractivity contribution >= 4 is 29.3 Å². The van der Waals surface area contributed by atoms with Crippen molar-refractivity contribution in [2.45, 2.75) is 64.6 Å². The lowest BCUT2D eigenvalue weighted by Gasteiger charge is -2.29. The van der Waals surface area contributed by atoms with Crippen molar-refractivity contribution in [2.24, 2.45) is 0 Å². The van der Waals surface area contributed by atoms with Gasteiger partial charge in [-0.2, -0.15) is 4.98 Å². The van der Waals surface area contributed by atoms with Gasteiger partial charge in [0.15, 0.2) is 11.5 Å². The summed E-state index contributed by atoms with van der Waals surface area (Å²) in [5.74, 6) is 2.63. The molecule has 38 heavy (non-hydrogen) atoms. The van der Waals surface area contributed by atoms with E-state index >= 15 is 0 Å². The maximum Gasteiger partial charge on any atom is 0.255 e. The summed E-state index contributed by atoms with van der Waals surface area (Å²) in [5.41, 5.74) is 3.92. The van der Waals surface area contributed by atoms with Crippen molar-refractivity contribution < 1.29 is 14.3 Å². The molecule has 1 aliphatic rings. The Bertz CT molecular complexity index is 1300. The Hall–Kier alpha value is -3.46. The number of carbonyl (C=O) groups excluding carboxylic acids is 1. The van der Waals surface area contributed by atoms with E-state index in [0.717, 1.165) is 53.9 Å². The minimum absolute atomic E-state index is 0.197. The second-order valence-electron chi connectivity index (χ2n) is 9.31. The highest BCUT2D eigenvalue weighted by Crippen LogP contribution is 2.40. The average molecular weight is 536 g/mol. The first-order valence-electron chi connectivity index (χ1n) is 13.2. The van der Waals surface area contributed by atoms with Crippen LogP contribution in [0, 0.1) is 6.92 Å². The van der Waals surface area contributed by atoms with Gasteiger partial charge in [-0.3, -0.25) is 4.79 Å². The molecule has 3 aromatic rings. The fraction of sp³-hybridized carbons (Fsp3) is 0.414. The van der Waals surface area contributed by atoms with Crippen LogP contribution >= 0.6 is 11.8 Å². The maximum atomic E-state index is 13.8. The molecule has 1 aliphatic heterocycles. The Morgan fingerprint density at radius 3 is 2.66 bits per heavy atom. The van der Waals surface area contributed by atoms with Gasteiger partial charge in [0.25, 0.3) is 5.91 Å². The highest BCUT2D eigenvalue weighted by Gasteiger charge is 2.35. The summed E-state index contributed by atoms with van der Waals surface area (Å²) in [6.45, 7) is 8.80. The number of ether oxygens (including phenoxy) is 2. The van der Waals surface area contributed by atoms with Crippen molar-refractivity contribution in [3.05, 3.63) is 64.9 Å². The van der Waals surface area contributed by atoms with E-state index in [1.165, 1.54) is 0 Å². The number of aryl methyl sites for hydroxylation is 1.